The van der Waals surface area contributed by atoms with Crippen molar-refractivity contribution in [1.29, 1.82) is 5.26 Å². The van der Waals surface area contributed by atoms with Crippen LogP contribution in [0.2, 0.25) is 0 Å². The van der Waals surface area contributed by atoms with E-state index in [1.165, 1.54) is 12.8 Å². The third-order valence-electron chi connectivity index (χ3n) is 5.30. The van der Waals surface area contributed by atoms with Crippen molar-refractivity contribution >= 4 is 11.4 Å². The molecule has 3 rings (SSSR count). The number of nitrogens with zero attached hydrogens (tertiary/aromatic N) is 2. The number of para-hydroxylation sites is 2. The zero-order valence-corrected chi connectivity index (χ0v) is 12.6. The Bertz CT molecular complexity index is 596. The zero-order chi connectivity index (χ0) is 15.5. The third-order valence-corrected chi connectivity index (χ3v) is 5.30. The van der Waals surface area contributed by atoms with Gasteiger partial charge in [0.1, 0.15) is 5.69 Å². The first kappa shape index (κ1) is 14.8. The van der Waals surface area contributed by atoms with E-state index in [0.29, 0.717) is 17.5 Å². The smallest absolute Gasteiger partial charge is 0.292 e. The first-order valence-corrected chi connectivity index (χ1v) is 8.10. The van der Waals surface area contributed by atoms with Crippen LogP contribution >= 0.6 is 0 Å². The summed E-state index contributed by atoms with van der Waals surface area (Å²) in [6.07, 6.45) is 6.48. The number of nitriles is 1. The van der Waals surface area contributed by atoms with Crippen molar-refractivity contribution in [2.45, 2.75) is 44.6 Å². The second-order valence-electron chi connectivity index (χ2n) is 6.45. The van der Waals surface area contributed by atoms with Crippen LogP contribution < -0.4 is 5.32 Å². The summed E-state index contributed by atoms with van der Waals surface area (Å²) in [5.74, 6) is 1.08. The minimum absolute atomic E-state index is 0.136. The standard InChI is InChI=1S/C17H21N3O2/c18-11-12-9-10-15(14-6-2-1-5-13(12)14)19-16-7-3-4-8-17(16)20(21)22/h3-4,7-8,12-15,19H,1-2,5-6,9-10H2. The SMILES string of the molecule is N#CC1CCC(Nc2ccccc2[N+](=O)[O-])C2CCCCC12. The molecule has 5 nitrogen and oxygen atoms in total. The van der Waals surface area contributed by atoms with Crippen molar-refractivity contribution in [2.75, 3.05) is 5.32 Å². The summed E-state index contributed by atoms with van der Waals surface area (Å²) < 4.78 is 0. The van der Waals surface area contributed by atoms with Crippen molar-refractivity contribution < 1.29 is 4.92 Å². The Morgan fingerprint density at radius 3 is 2.59 bits per heavy atom. The van der Waals surface area contributed by atoms with E-state index >= 15 is 0 Å². The summed E-state index contributed by atoms with van der Waals surface area (Å²) in [5, 5.41) is 24.0. The molecule has 0 amide bonds. The maximum Gasteiger partial charge on any atom is 0.292 e. The number of benzene rings is 1. The highest BCUT2D eigenvalue weighted by Gasteiger charge is 2.41. The van der Waals surface area contributed by atoms with Crippen molar-refractivity contribution in [3.8, 4) is 6.07 Å². The molecule has 2 fully saturated rings. The lowest BCUT2D eigenvalue weighted by atomic mass is 9.64. The van der Waals surface area contributed by atoms with Gasteiger partial charge in [0.2, 0.25) is 0 Å². The highest BCUT2D eigenvalue weighted by Crippen LogP contribution is 2.45. The summed E-state index contributed by atoms with van der Waals surface area (Å²) in [6, 6.07) is 9.58. The van der Waals surface area contributed by atoms with E-state index in [2.05, 4.69) is 11.4 Å². The quantitative estimate of drug-likeness (QED) is 0.672. The Morgan fingerprint density at radius 1 is 1.14 bits per heavy atom. The lowest BCUT2D eigenvalue weighted by Crippen LogP contribution is -2.43. The molecule has 0 bridgehead atoms. The molecule has 0 heterocycles. The molecular weight excluding hydrogens is 278 g/mol. The number of hydrogen-bond donors (Lipinski definition) is 1. The van der Waals surface area contributed by atoms with Crippen molar-refractivity contribution in [3.05, 3.63) is 34.4 Å². The summed E-state index contributed by atoms with van der Waals surface area (Å²) in [4.78, 5) is 10.8. The second-order valence-corrected chi connectivity index (χ2v) is 6.45. The van der Waals surface area contributed by atoms with Crippen LogP contribution in [-0.2, 0) is 0 Å². The van der Waals surface area contributed by atoms with E-state index in [1.54, 1.807) is 18.2 Å². The first-order valence-electron chi connectivity index (χ1n) is 8.10. The van der Waals surface area contributed by atoms with Crippen LogP contribution in [0.1, 0.15) is 38.5 Å². The average molecular weight is 299 g/mol. The topological polar surface area (TPSA) is 79.0 Å². The Balaban J connectivity index is 1.81. The number of nitro benzene ring substituents is 1. The molecule has 1 aromatic rings. The average Bonchev–Trinajstić information content (AvgIpc) is 2.55. The van der Waals surface area contributed by atoms with Gasteiger partial charge in [0.15, 0.2) is 0 Å². The summed E-state index contributed by atoms with van der Waals surface area (Å²) in [6.45, 7) is 0. The third kappa shape index (κ3) is 2.78. The highest BCUT2D eigenvalue weighted by atomic mass is 16.6. The van der Waals surface area contributed by atoms with Gasteiger partial charge in [-0.1, -0.05) is 25.0 Å². The van der Waals surface area contributed by atoms with Crippen LogP contribution in [0, 0.1) is 39.2 Å². The van der Waals surface area contributed by atoms with Gasteiger partial charge < -0.3 is 5.32 Å². The number of nitrogens with one attached hydrogen (secondary N) is 1. The van der Waals surface area contributed by atoms with Crippen LogP contribution in [-0.4, -0.2) is 11.0 Å². The molecule has 22 heavy (non-hydrogen) atoms. The fraction of sp³-hybridized carbons (Fsp3) is 0.588. The van der Waals surface area contributed by atoms with Gasteiger partial charge in [-0.05, 0) is 43.6 Å². The predicted molar refractivity (Wildman–Crippen MR) is 84.3 cm³/mol. The molecule has 0 aliphatic heterocycles. The maximum atomic E-state index is 11.2. The molecule has 0 aromatic heterocycles. The number of rotatable bonds is 3. The van der Waals surface area contributed by atoms with Crippen LogP contribution in [0.25, 0.3) is 0 Å². The molecule has 5 heteroatoms. The van der Waals surface area contributed by atoms with Gasteiger partial charge in [0.05, 0.1) is 11.0 Å². The van der Waals surface area contributed by atoms with Crippen molar-refractivity contribution in [1.82, 2.24) is 0 Å². The van der Waals surface area contributed by atoms with Crippen LogP contribution in [0.15, 0.2) is 24.3 Å². The zero-order valence-electron chi connectivity index (χ0n) is 12.6. The Kier molecular flexibility index (Phi) is 4.28. The van der Waals surface area contributed by atoms with E-state index in [-0.39, 0.29) is 22.6 Å². The van der Waals surface area contributed by atoms with E-state index in [9.17, 15) is 15.4 Å². The van der Waals surface area contributed by atoms with Gasteiger partial charge in [0.25, 0.3) is 5.69 Å². The van der Waals surface area contributed by atoms with Gasteiger partial charge in [-0.15, -0.1) is 0 Å². The van der Waals surface area contributed by atoms with Gasteiger partial charge in [-0.25, -0.2) is 0 Å². The molecule has 1 N–H and O–H groups in total. The summed E-state index contributed by atoms with van der Waals surface area (Å²) >= 11 is 0. The lowest BCUT2D eigenvalue weighted by molar-refractivity contribution is -0.384. The van der Waals surface area contributed by atoms with E-state index < -0.39 is 0 Å². The minimum atomic E-state index is -0.332. The molecule has 0 spiro atoms. The number of hydrogen-bond acceptors (Lipinski definition) is 4. The number of nitro groups is 1. The van der Waals surface area contributed by atoms with Gasteiger partial charge >= 0.3 is 0 Å². The minimum Gasteiger partial charge on any atom is -0.376 e. The molecule has 0 saturated heterocycles. The molecule has 4 unspecified atom stereocenters. The lowest BCUT2D eigenvalue weighted by Gasteiger charge is -2.44. The van der Waals surface area contributed by atoms with E-state index in [4.69, 9.17) is 0 Å². The Morgan fingerprint density at radius 2 is 1.86 bits per heavy atom. The first-order chi connectivity index (χ1) is 10.7. The maximum absolute atomic E-state index is 11.2. The van der Waals surface area contributed by atoms with Crippen LogP contribution in [0.3, 0.4) is 0 Å². The van der Waals surface area contributed by atoms with Crippen LogP contribution in [0.5, 0.6) is 0 Å². The van der Waals surface area contributed by atoms with Gasteiger partial charge in [0, 0.05) is 18.0 Å². The van der Waals surface area contributed by atoms with Gasteiger partial charge in [-0.2, -0.15) is 5.26 Å². The van der Waals surface area contributed by atoms with E-state index in [1.807, 2.05) is 6.07 Å². The largest absolute Gasteiger partial charge is 0.376 e. The Labute approximate surface area is 130 Å². The predicted octanol–water partition coefficient (Wildman–Crippen LogP) is 4.12. The molecule has 2 saturated carbocycles. The molecule has 1 aromatic carbocycles. The monoisotopic (exact) mass is 299 g/mol. The normalized spacial score (nSPS) is 30.9. The molecule has 0 radical (unpaired) electrons. The summed E-state index contributed by atoms with van der Waals surface area (Å²) in [5.41, 5.74) is 0.745. The molecule has 2 aliphatic carbocycles. The molecule has 2 aliphatic rings. The van der Waals surface area contributed by atoms with Crippen LogP contribution in [0.4, 0.5) is 11.4 Å². The second kappa shape index (κ2) is 6.35. The highest BCUT2D eigenvalue weighted by molar-refractivity contribution is 5.61. The summed E-state index contributed by atoms with van der Waals surface area (Å²) in [7, 11) is 0. The fourth-order valence-electron chi connectivity index (χ4n) is 4.27. The Hall–Kier alpha value is -2.09. The number of anilines is 1. The van der Waals surface area contributed by atoms with Crippen molar-refractivity contribution in [3.63, 3.8) is 0 Å². The molecular formula is C17H21N3O2. The molecule has 116 valence electrons. The molecule has 4 atom stereocenters. The van der Waals surface area contributed by atoms with E-state index in [0.717, 1.165) is 25.7 Å². The number of fused-ring (bicyclic) bond motifs is 1. The van der Waals surface area contributed by atoms with Crippen molar-refractivity contribution in [2.24, 2.45) is 17.8 Å². The fourth-order valence-corrected chi connectivity index (χ4v) is 4.27. The van der Waals surface area contributed by atoms with Gasteiger partial charge in [-0.3, -0.25) is 10.1 Å².